The molecule has 2 aromatic rings. The van der Waals surface area contributed by atoms with Crippen molar-refractivity contribution in [3.8, 4) is 11.5 Å². The van der Waals surface area contributed by atoms with Crippen LogP contribution < -0.4 is 9.68 Å². The first-order valence-corrected chi connectivity index (χ1v) is 6.47. The molecule has 0 amide bonds. The maximum absolute atomic E-state index is 4.99. The summed E-state index contributed by atoms with van der Waals surface area (Å²) in [5.74, 6) is 1.76. The smallest absolute Gasteiger partial charge is 0.161 e. The standard InChI is InChI=1S/2C8H7NO.H2O/c2*1-2-4-8-7(3-1)5-6-9-10-8;/h2*1-4,6H,5H2;1H2. The fourth-order valence-electron chi connectivity index (χ4n) is 1.98. The van der Waals surface area contributed by atoms with Crippen molar-refractivity contribution in [1.29, 1.82) is 0 Å². The van der Waals surface area contributed by atoms with Crippen molar-refractivity contribution in [3.05, 3.63) is 59.7 Å². The molecule has 0 aromatic heterocycles. The minimum absolute atomic E-state index is 0. The van der Waals surface area contributed by atoms with Crippen LogP contribution in [0.2, 0.25) is 0 Å². The third-order valence-corrected chi connectivity index (χ3v) is 3.02. The second kappa shape index (κ2) is 7.21. The van der Waals surface area contributed by atoms with Gasteiger partial charge >= 0.3 is 0 Å². The number of oxime groups is 2. The van der Waals surface area contributed by atoms with Gasteiger partial charge in [0.25, 0.3) is 0 Å². The van der Waals surface area contributed by atoms with Crippen LogP contribution in [-0.2, 0) is 12.8 Å². The Bertz CT molecular complexity index is 542. The van der Waals surface area contributed by atoms with Crippen molar-refractivity contribution < 1.29 is 15.2 Å². The highest BCUT2D eigenvalue weighted by Gasteiger charge is 2.04. The Morgan fingerprint density at radius 3 is 1.52 bits per heavy atom. The van der Waals surface area contributed by atoms with Crippen LogP contribution in [-0.4, -0.2) is 17.9 Å². The molecule has 5 nitrogen and oxygen atoms in total. The quantitative estimate of drug-likeness (QED) is 0.745. The molecule has 0 unspecified atom stereocenters. The molecule has 0 radical (unpaired) electrons. The summed E-state index contributed by atoms with van der Waals surface area (Å²) in [7, 11) is 0. The summed E-state index contributed by atoms with van der Waals surface area (Å²) in [5.41, 5.74) is 2.41. The highest BCUT2D eigenvalue weighted by atomic mass is 16.6. The molecule has 2 heterocycles. The van der Waals surface area contributed by atoms with Gasteiger partial charge in [0.2, 0.25) is 0 Å². The zero-order valence-electron chi connectivity index (χ0n) is 11.4. The van der Waals surface area contributed by atoms with Gasteiger partial charge in [0.05, 0.1) is 0 Å². The highest BCUT2D eigenvalue weighted by Crippen LogP contribution is 2.20. The lowest BCUT2D eigenvalue weighted by molar-refractivity contribution is 0.333. The van der Waals surface area contributed by atoms with Gasteiger partial charge in [-0.2, -0.15) is 0 Å². The molecule has 0 fully saturated rings. The summed E-state index contributed by atoms with van der Waals surface area (Å²) in [4.78, 5) is 9.99. The summed E-state index contributed by atoms with van der Waals surface area (Å²) >= 11 is 0. The molecule has 0 atom stereocenters. The fraction of sp³-hybridized carbons (Fsp3) is 0.125. The number of rotatable bonds is 0. The van der Waals surface area contributed by atoms with Gasteiger partial charge < -0.3 is 15.2 Å². The van der Waals surface area contributed by atoms with Gasteiger partial charge in [-0.15, -0.1) is 0 Å². The molecule has 0 aliphatic carbocycles. The number of benzene rings is 2. The highest BCUT2D eigenvalue weighted by molar-refractivity contribution is 5.65. The van der Waals surface area contributed by atoms with E-state index in [2.05, 4.69) is 10.3 Å². The molecule has 5 heteroatoms. The summed E-state index contributed by atoms with van der Waals surface area (Å²) in [5, 5.41) is 7.39. The van der Waals surface area contributed by atoms with Crippen LogP contribution in [0.25, 0.3) is 0 Å². The summed E-state index contributed by atoms with van der Waals surface area (Å²) in [6, 6.07) is 15.8. The van der Waals surface area contributed by atoms with E-state index in [0.29, 0.717) is 0 Å². The number of hydrogen-bond acceptors (Lipinski definition) is 4. The first-order valence-electron chi connectivity index (χ1n) is 6.47. The first-order chi connectivity index (χ1) is 9.93. The monoisotopic (exact) mass is 284 g/mol. The van der Waals surface area contributed by atoms with E-state index in [9.17, 15) is 0 Å². The van der Waals surface area contributed by atoms with Gasteiger partial charge in [-0.1, -0.05) is 46.7 Å². The molecule has 108 valence electrons. The Balaban J connectivity index is 0.000000147. The van der Waals surface area contributed by atoms with Crippen LogP contribution in [0.4, 0.5) is 0 Å². The lowest BCUT2D eigenvalue weighted by Gasteiger charge is -2.07. The Morgan fingerprint density at radius 1 is 0.667 bits per heavy atom. The fourth-order valence-corrected chi connectivity index (χ4v) is 1.98. The molecular weight excluding hydrogens is 268 g/mol. The van der Waals surface area contributed by atoms with Crippen LogP contribution in [0.3, 0.4) is 0 Å². The van der Waals surface area contributed by atoms with E-state index in [4.69, 9.17) is 9.68 Å². The van der Waals surface area contributed by atoms with E-state index in [1.54, 1.807) is 12.4 Å². The van der Waals surface area contributed by atoms with E-state index >= 15 is 0 Å². The SMILES string of the molecule is C1=NOc2ccccc2C1.C1=NOc2ccccc2C1.O. The maximum Gasteiger partial charge on any atom is 0.161 e. The Kier molecular flexibility index (Phi) is 5.06. The molecule has 2 aliphatic rings. The molecular formula is C16H16N2O3. The Labute approximate surface area is 122 Å². The van der Waals surface area contributed by atoms with Gasteiger partial charge in [0.15, 0.2) is 11.5 Å². The van der Waals surface area contributed by atoms with E-state index in [-0.39, 0.29) is 5.48 Å². The topological polar surface area (TPSA) is 74.7 Å². The number of para-hydroxylation sites is 2. The predicted molar refractivity (Wildman–Crippen MR) is 82.1 cm³/mol. The first kappa shape index (κ1) is 14.7. The summed E-state index contributed by atoms with van der Waals surface area (Å²) < 4.78 is 0. The molecule has 21 heavy (non-hydrogen) atoms. The van der Waals surface area contributed by atoms with Crippen molar-refractivity contribution >= 4 is 12.4 Å². The second-order valence-corrected chi connectivity index (χ2v) is 4.38. The van der Waals surface area contributed by atoms with Crippen LogP contribution in [0.15, 0.2) is 58.8 Å². The number of hydrogen-bond donors (Lipinski definition) is 0. The minimum Gasteiger partial charge on any atom is -0.412 e. The van der Waals surface area contributed by atoms with Crippen LogP contribution in [0.1, 0.15) is 11.1 Å². The van der Waals surface area contributed by atoms with Crippen molar-refractivity contribution in [1.82, 2.24) is 0 Å². The normalized spacial score (nSPS) is 13.3. The molecule has 0 bridgehead atoms. The third-order valence-electron chi connectivity index (χ3n) is 3.02. The number of fused-ring (bicyclic) bond motifs is 2. The molecule has 2 N–H and O–H groups in total. The lowest BCUT2D eigenvalue weighted by Crippen LogP contribution is -1.98. The summed E-state index contributed by atoms with van der Waals surface area (Å²) in [6.07, 6.45) is 5.30. The predicted octanol–water partition coefficient (Wildman–Crippen LogP) is 2.39. The van der Waals surface area contributed by atoms with Crippen molar-refractivity contribution in [2.75, 3.05) is 0 Å². The lowest BCUT2D eigenvalue weighted by atomic mass is 10.1. The van der Waals surface area contributed by atoms with Gasteiger partial charge in [-0.05, 0) is 12.1 Å². The molecule has 2 aliphatic heterocycles. The molecule has 4 rings (SSSR count). The number of nitrogens with zero attached hydrogens (tertiary/aromatic N) is 2. The average Bonchev–Trinajstić information content (AvgIpc) is 2.56. The molecule has 0 saturated heterocycles. The Hall–Kier alpha value is -2.66. The van der Waals surface area contributed by atoms with Crippen molar-refractivity contribution in [2.24, 2.45) is 10.3 Å². The molecule has 2 aromatic carbocycles. The zero-order chi connectivity index (χ0) is 13.6. The van der Waals surface area contributed by atoms with Gasteiger partial charge in [0, 0.05) is 36.4 Å². The van der Waals surface area contributed by atoms with E-state index in [1.165, 1.54) is 11.1 Å². The second-order valence-electron chi connectivity index (χ2n) is 4.38. The Morgan fingerprint density at radius 2 is 1.10 bits per heavy atom. The largest absolute Gasteiger partial charge is 0.412 e. The average molecular weight is 284 g/mol. The van der Waals surface area contributed by atoms with Crippen molar-refractivity contribution in [3.63, 3.8) is 0 Å². The van der Waals surface area contributed by atoms with Crippen molar-refractivity contribution in [2.45, 2.75) is 12.8 Å². The van der Waals surface area contributed by atoms with E-state index in [0.717, 1.165) is 24.3 Å². The van der Waals surface area contributed by atoms with Gasteiger partial charge in [0.1, 0.15) is 0 Å². The van der Waals surface area contributed by atoms with Crippen LogP contribution in [0.5, 0.6) is 11.5 Å². The minimum atomic E-state index is 0. The van der Waals surface area contributed by atoms with E-state index < -0.39 is 0 Å². The van der Waals surface area contributed by atoms with Gasteiger partial charge in [-0.3, -0.25) is 0 Å². The molecule has 0 spiro atoms. The third kappa shape index (κ3) is 3.67. The van der Waals surface area contributed by atoms with Crippen LogP contribution in [0, 0.1) is 0 Å². The van der Waals surface area contributed by atoms with Crippen LogP contribution >= 0.6 is 0 Å². The maximum atomic E-state index is 4.99. The van der Waals surface area contributed by atoms with E-state index in [1.807, 2.05) is 48.5 Å². The summed E-state index contributed by atoms with van der Waals surface area (Å²) in [6.45, 7) is 0. The molecule has 0 saturated carbocycles. The zero-order valence-corrected chi connectivity index (χ0v) is 11.4. The van der Waals surface area contributed by atoms with Gasteiger partial charge in [-0.25, -0.2) is 0 Å².